The minimum atomic E-state index is -5.49. The zero-order valence-electron chi connectivity index (χ0n) is 17.5. The molecule has 1 amide bonds. The maximum absolute atomic E-state index is 13.2. The number of rotatable bonds is 6. The predicted octanol–water partition coefficient (Wildman–Crippen LogP) is 4.09. The summed E-state index contributed by atoms with van der Waals surface area (Å²) in [5.41, 5.74) is -0.772. The van der Waals surface area contributed by atoms with Crippen LogP contribution in [0.1, 0.15) is 17.0 Å². The molecule has 2 fully saturated rings. The summed E-state index contributed by atoms with van der Waals surface area (Å²) >= 11 is 0. The monoisotopic (exact) mass is 476 g/mol. The number of hydrogen-bond acceptors (Lipinski definition) is 4. The smallest absolute Gasteiger partial charge is 0.389 e. The summed E-state index contributed by atoms with van der Waals surface area (Å²) < 4.78 is 85.8. The van der Waals surface area contributed by atoms with Crippen LogP contribution in [0, 0.1) is 17.8 Å². The van der Waals surface area contributed by atoms with E-state index in [-0.39, 0.29) is 30.5 Å². The standard InChI is InChI=1S/C21H22F6N4O2/c1-30-10-17(29-11-30)33-19(32)31(9-16-14-6-28-7-15(14)16)8-12-3-2-4-13(5-12)18(20(22,23)24)21(25,26)27/h2-5,10-11,14-16,18,28H,6-9H2,1H3. The van der Waals surface area contributed by atoms with Crippen molar-refractivity contribution < 1.29 is 35.9 Å². The quantitative estimate of drug-likeness (QED) is 0.638. The molecule has 0 spiro atoms. The summed E-state index contributed by atoms with van der Waals surface area (Å²) in [5.74, 6) is -2.58. The van der Waals surface area contributed by atoms with Gasteiger partial charge in [0.05, 0.1) is 12.5 Å². The Balaban J connectivity index is 1.55. The Morgan fingerprint density at radius 2 is 1.88 bits per heavy atom. The van der Waals surface area contributed by atoms with Crippen LogP contribution in [0.5, 0.6) is 5.88 Å². The van der Waals surface area contributed by atoms with Gasteiger partial charge >= 0.3 is 18.4 Å². The second-order valence-electron chi connectivity index (χ2n) is 8.54. The minimum absolute atomic E-state index is 0.0492. The highest BCUT2D eigenvalue weighted by Crippen LogP contribution is 2.49. The third-order valence-electron chi connectivity index (χ3n) is 6.14. The Labute approximate surface area is 185 Å². The van der Waals surface area contributed by atoms with Gasteiger partial charge in [-0.1, -0.05) is 24.3 Å². The summed E-state index contributed by atoms with van der Waals surface area (Å²) in [5, 5.41) is 3.23. The number of aromatic nitrogens is 2. The number of nitrogens with one attached hydrogen (secondary N) is 1. The van der Waals surface area contributed by atoms with Crippen LogP contribution >= 0.6 is 0 Å². The van der Waals surface area contributed by atoms with E-state index < -0.39 is 29.9 Å². The molecule has 2 atom stereocenters. The number of aryl methyl sites for hydroxylation is 1. The van der Waals surface area contributed by atoms with Gasteiger partial charge in [-0.25, -0.2) is 9.78 Å². The van der Waals surface area contributed by atoms with Crippen LogP contribution in [0.2, 0.25) is 0 Å². The normalized spacial score (nSPS) is 22.4. The van der Waals surface area contributed by atoms with Crippen LogP contribution in [0.15, 0.2) is 36.8 Å². The summed E-state index contributed by atoms with van der Waals surface area (Å²) in [4.78, 5) is 18.1. The van der Waals surface area contributed by atoms with Crippen LogP contribution in [0.25, 0.3) is 0 Å². The molecule has 33 heavy (non-hydrogen) atoms. The van der Waals surface area contributed by atoms with Crippen molar-refractivity contribution in [3.8, 4) is 5.88 Å². The van der Waals surface area contributed by atoms with Gasteiger partial charge in [-0.05, 0) is 42.0 Å². The van der Waals surface area contributed by atoms with Crippen molar-refractivity contribution in [2.24, 2.45) is 24.8 Å². The van der Waals surface area contributed by atoms with E-state index >= 15 is 0 Å². The molecular weight excluding hydrogens is 454 g/mol. The number of imidazole rings is 1. The second kappa shape index (κ2) is 8.54. The second-order valence-corrected chi connectivity index (χ2v) is 8.54. The third kappa shape index (κ3) is 5.26. The van der Waals surface area contributed by atoms with Gasteiger partial charge in [-0.3, -0.25) is 0 Å². The first-order valence-electron chi connectivity index (χ1n) is 10.3. The van der Waals surface area contributed by atoms with Gasteiger partial charge in [0, 0.05) is 20.1 Å². The fourth-order valence-electron chi connectivity index (χ4n) is 4.53. The molecule has 180 valence electrons. The maximum atomic E-state index is 13.2. The summed E-state index contributed by atoms with van der Waals surface area (Å²) in [7, 11) is 1.68. The number of benzene rings is 1. The number of amides is 1. The van der Waals surface area contributed by atoms with Crippen molar-refractivity contribution in [2.45, 2.75) is 24.8 Å². The average Bonchev–Trinajstić information content (AvgIpc) is 3.03. The molecule has 1 aromatic carbocycles. The lowest BCUT2D eigenvalue weighted by Crippen LogP contribution is -2.37. The number of hydrogen-bond donors (Lipinski definition) is 1. The molecular formula is C21H22F6N4O2. The molecule has 2 aromatic rings. The van der Waals surface area contributed by atoms with Gasteiger partial charge in [0.15, 0.2) is 5.92 Å². The van der Waals surface area contributed by atoms with E-state index in [0.29, 0.717) is 11.8 Å². The molecule has 6 nitrogen and oxygen atoms in total. The Morgan fingerprint density at radius 1 is 1.21 bits per heavy atom. The SMILES string of the molecule is Cn1cnc(OC(=O)N(Cc2cccc(C(C(F)(F)F)C(F)(F)F)c2)CC2C3CNCC32)c1. The van der Waals surface area contributed by atoms with Crippen LogP contribution in [-0.4, -0.2) is 52.5 Å². The van der Waals surface area contributed by atoms with Gasteiger partial charge in [0.1, 0.15) is 0 Å². The Kier molecular flexibility index (Phi) is 6.06. The summed E-state index contributed by atoms with van der Waals surface area (Å²) in [6, 6.07) is 4.17. The number of piperidine rings is 1. The Hall–Kier alpha value is -2.76. The number of carbonyl (C=O) groups is 1. The Bertz CT molecular complexity index is 981. The highest BCUT2D eigenvalue weighted by atomic mass is 19.4. The summed E-state index contributed by atoms with van der Waals surface area (Å²) in [6.07, 6.45) is -8.84. The van der Waals surface area contributed by atoms with E-state index in [4.69, 9.17) is 4.74 Å². The molecule has 1 aliphatic heterocycles. The number of fused-ring (bicyclic) bond motifs is 1. The molecule has 0 bridgehead atoms. The lowest BCUT2D eigenvalue weighted by atomic mass is 9.96. The van der Waals surface area contributed by atoms with E-state index in [9.17, 15) is 31.1 Å². The first kappa shape index (κ1) is 23.4. The van der Waals surface area contributed by atoms with Crippen LogP contribution in [0.3, 0.4) is 0 Å². The topological polar surface area (TPSA) is 59.4 Å². The first-order valence-corrected chi connectivity index (χ1v) is 10.3. The number of alkyl halides is 6. The lowest BCUT2D eigenvalue weighted by molar-refractivity contribution is -0.253. The number of halogens is 6. The number of ether oxygens (including phenoxy) is 1. The molecule has 12 heteroatoms. The van der Waals surface area contributed by atoms with Crippen molar-refractivity contribution >= 4 is 6.09 Å². The van der Waals surface area contributed by atoms with Gasteiger partial charge in [0.25, 0.3) is 0 Å². The fourth-order valence-corrected chi connectivity index (χ4v) is 4.53. The molecule has 2 aliphatic rings. The van der Waals surface area contributed by atoms with E-state index in [1.165, 1.54) is 23.5 Å². The lowest BCUT2D eigenvalue weighted by Gasteiger charge is -2.25. The molecule has 2 unspecified atom stereocenters. The minimum Gasteiger partial charge on any atom is -0.389 e. The summed E-state index contributed by atoms with van der Waals surface area (Å²) in [6.45, 7) is 1.72. The molecule has 4 rings (SSSR count). The van der Waals surface area contributed by atoms with Crippen LogP contribution in [-0.2, 0) is 13.6 Å². The molecule has 1 aliphatic carbocycles. The van der Waals surface area contributed by atoms with E-state index in [1.807, 2.05) is 0 Å². The maximum Gasteiger partial charge on any atom is 0.416 e. The Morgan fingerprint density at radius 3 is 2.45 bits per heavy atom. The van der Waals surface area contributed by atoms with Crippen molar-refractivity contribution in [3.63, 3.8) is 0 Å². The fraction of sp³-hybridized carbons (Fsp3) is 0.524. The van der Waals surface area contributed by atoms with Gasteiger partial charge < -0.3 is 19.5 Å². The van der Waals surface area contributed by atoms with E-state index in [2.05, 4.69) is 10.3 Å². The third-order valence-corrected chi connectivity index (χ3v) is 6.14. The predicted molar refractivity (Wildman–Crippen MR) is 104 cm³/mol. The molecule has 1 aromatic heterocycles. The van der Waals surface area contributed by atoms with E-state index in [1.54, 1.807) is 11.6 Å². The van der Waals surface area contributed by atoms with Crippen molar-refractivity contribution in [1.82, 2.24) is 19.8 Å². The van der Waals surface area contributed by atoms with Gasteiger partial charge in [-0.2, -0.15) is 26.3 Å². The first-order chi connectivity index (χ1) is 15.4. The van der Waals surface area contributed by atoms with Crippen LogP contribution in [0.4, 0.5) is 31.1 Å². The highest BCUT2D eigenvalue weighted by Gasteiger charge is 2.57. The molecule has 1 saturated heterocycles. The number of carbonyl (C=O) groups excluding carboxylic acids is 1. The molecule has 2 heterocycles. The average molecular weight is 476 g/mol. The zero-order valence-corrected chi connectivity index (χ0v) is 17.5. The zero-order chi connectivity index (χ0) is 24.0. The van der Waals surface area contributed by atoms with Crippen LogP contribution < -0.4 is 10.1 Å². The molecule has 1 saturated carbocycles. The van der Waals surface area contributed by atoms with Crippen molar-refractivity contribution in [3.05, 3.63) is 47.9 Å². The van der Waals surface area contributed by atoms with Crippen molar-refractivity contribution in [1.29, 1.82) is 0 Å². The van der Waals surface area contributed by atoms with Gasteiger partial charge in [0.2, 0.25) is 5.88 Å². The van der Waals surface area contributed by atoms with Gasteiger partial charge in [-0.15, -0.1) is 0 Å². The highest BCUT2D eigenvalue weighted by molar-refractivity contribution is 5.70. The molecule has 0 radical (unpaired) electrons. The largest absolute Gasteiger partial charge is 0.416 e. The number of nitrogens with zero attached hydrogens (tertiary/aromatic N) is 3. The van der Waals surface area contributed by atoms with E-state index in [0.717, 1.165) is 31.3 Å². The molecule has 1 N–H and O–H groups in total. The van der Waals surface area contributed by atoms with Crippen molar-refractivity contribution in [2.75, 3.05) is 19.6 Å².